The van der Waals surface area contributed by atoms with E-state index in [-0.39, 0.29) is 53.4 Å². The lowest BCUT2D eigenvalue weighted by molar-refractivity contribution is -0.138. The summed E-state index contributed by atoms with van der Waals surface area (Å²) in [5.41, 5.74) is 12.8. The quantitative estimate of drug-likeness (QED) is 0.0131. The van der Waals surface area contributed by atoms with Gasteiger partial charge in [0, 0.05) is 74.6 Å². The van der Waals surface area contributed by atoms with Crippen molar-refractivity contribution in [2.75, 3.05) is 59.8 Å². The summed E-state index contributed by atoms with van der Waals surface area (Å²) >= 11 is 15.6. The van der Waals surface area contributed by atoms with Gasteiger partial charge in [0.1, 0.15) is 50.5 Å². The van der Waals surface area contributed by atoms with Crippen LogP contribution >= 0.6 is 84.0 Å². The first-order valence-corrected chi connectivity index (χ1v) is 47.2. The lowest BCUT2D eigenvalue weighted by Crippen LogP contribution is -2.62. The van der Waals surface area contributed by atoms with Gasteiger partial charge in [-0.1, -0.05) is 126 Å². The smallest absolute Gasteiger partial charge is 0.416 e. The van der Waals surface area contributed by atoms with Crippen LogP contribution < -0.4 is 53.3 Å². The third-order valence-corrected chi connectivity index (χ3v) is 24.4. The van der Waals surface area contributed by atoms with E-state index >= 15 is 0 Å². The average Bonchev–Trinajstić information content (AvgIpc) is 1.64. The Morgan fingerprint density at radius 2 is 1.28 bits per heavy atom. The summed E-state index contributed by atoms with van der Waals surface area (Å²) in [4.78, 5) is 49.8. The number of benzene rings is 9. The number of halogens is 7. The van der Waals surface area contributed by atoms with Crippen molar-refractivity contribution >= 4 is 179 Å². The number of rotatable bonds is 23. The van der Waals surface area contributed by atoms with E-state index < -0.39 is 27.8 Å². The largest absolute Gasteiger partial charge is 0.506 e. The van der Waals surface area contributed by atoms with Crippen molar-refractivity contribution in [3.8, 4) is 62.3 Å². The Labute approximate surface area is 801 Å². The zero-order valence-electron chi connectivity index (χ0n) is 75.0. The van der Waals surface area contributed by atoms with Crippen LogP contribution in [0.15, 0.2) is 193 Å². The van der Waals surface area contributed by atoms with Crippen LogP contribution in [0.2, 0.25) is 5.02 Å². The number of amides is 1. The number of thiazole rings is 1. The monoisotopic (exact) mass is 2120 g/mol. The number of phenols is 1. The van der Waals surface area contributed by atoms with Gasteiger partial charge < -0.3 is 63.5 Å². The number of aromatic nitrogens is 3. The number of fused-ring (bicyclic) bond motifs is 4. The Morgan fingerprint density at radius 3 is 1.82 bits per heavy atom. The van der Waals surface area contributed by atoms with Gasteiger partial charge in [-0.3, -0.25) is 14.4 Å². The highest BCUT2D eigenvalue weighted by Gasteiger charge is 2.39. The molecule has 2 aliphatic heterocycles. The number of Topliss-reactive ketones (excluding diaryl/α,β-unsaturated/α-hetero) is 1. The number of esters is 1. The van der Waals surface area contributed by atoms with E-state index in [0.717, 1.165) is 166 Å². The van der Waals surface area contributed by atoms with E-state index in [9.17, 15) is 41.1 Å². The first kappa shape index (κ1) is 103. The molecule has 5 heterocycles. The fourth-order valence-electron chi connectivity index (χ4n) is 14.4. The second-order valence-electron chi connectivity index (χ2n) is 31.6. The molecular weight excluding hydrogens is 2020 g/mol. The molecule has 0 saturated carbocycles. The molecule has 686 valence electrons. The van der Waals surface area contributed by atoms with Gasteiger partial charge >= 0.3 is 22.3 Å². The molecule has 30 heteroatoms. The van der Waals surface area contributed by atoms with Crippen LogP contribution in [0.1, 0.15) is 136 Å². The molecule has 0 aliphatic carbocycles. The lowest BCUT2D eigenvalue weighted by Gasteiger charge is -2.46. The number of carbonyl (C=O) groups excluding carboxylic acids is 3. The predicted molar refractivity (Wildman–Crippen MR) is 536 cm³/mol. The van der Waals surface area contributed by atoms with E-state index in [4.69, 9.17) is 59.0 Å². The number of alkyl halides is 3. The Kier molecular flexibility index (Phi) is 37.2. The molecule has 0 unspecified atom stereocenters. The molecule has 130 heavy (non-hydrogen) atoms. The minimum absolute atomic E-state index is 0.0133. The van der Waals surface area contributed by atoms with Crippen LogP contribution in [-0.2, 0) is 37.1 Å². The fraction of sp³-hybridized carbons (Fsp3) is 0.280. The number of carbonyl (C=O) groups is 3. The van der Waals surface area contributed by atoms with Crippen LogP contribution in [-0.4, -0.2) is 123 Å². The van der Waals surface area contributed by atoms with Crippen molar-refractivity contribution < 1.29 is 83.5 Å². The number of allylic oxidation sites excluding steroid dienone is 2. The average molecular weight is 2120 g/mol. The van der Waals surface area contributed by atoms with Gasteiger partial charge in [-0.2, -0.15) is 21.6 Å². The first-order chi connectivity index (χ1) is 61.6. The number of piperidine rings is 1. The molecule has 9 aromatic carbocycles. The van der Waals surface area contributed by atoms with Crippen molar-refractivity contribution in [2.24, 2.45) is 0 Å². The first-order valence-electron chi connectivity index (χ1n) is 41.2. The van der Waals surface area contributed by atoms with Gasteiger partial charge in [-0.25, -0.2) is 15.0 Å². The van der Waals surface area contributed by atoms with Crippen LogP contribution in [0, 0.1) is 34.8 Å². The SMILES string of the molecule is C=C1C=C(CCC)c2ccc(OS(C)(=O)=O)c(C)c2O1.CCOc1cc(/C=C/c2ccc3cccc(OC)c3n2)cc(I)c1OC(C)=O.COc1cc(/C=C/c2ccc3cccc(OC)c3n2)cc(I)c1OC.Cc1cc(C(F)(F)F)ccc1NCCO.Cc1cc(CC(=O)C(=O)NC2CC(C)(C)NC(C)(C)C2)ccc1Br.Cc1ccc(-c2nc3ccccc3s2)c(Cl)c1O. The highest BCUT2D eigenvalue weighted by molar-refractivity contribution is 14.1. The minimum atomic E-state index is -4.31. The summed E-state index contributed by atoms with van der Waals surface area (Å²) in [7, 11) is 3.02. The van der Waals surface area contributed by atoms with Gasteiger partial charge in [0.05, 0.1) is 87.2 Å². The standard InChI is InChI=1S/C22H20INO4.C20H18INO3.C19H27BrN2O2.C15H18O4S.C14H10ClNOS.C10H12F3NO/c1-4-27-20-13-15(12-18(23)22(20)28-14(2)25)8-10-17-11-9-16-6-5-7-19(26-3)21(16)24-17;1-23-17-6-4-5-14-8-10-15(22-19(14)17)9-7-13-11-16(21)20(25-3)18(12-13)24-2;1-12-8-13(6-7-15(12)20)9-16(23)17(24)21-14-10-18(2,3)22-19(4,5)11-14;1-5-6-12-9-10(2)18-15-11(3)14(8-7-13(12)15)19-20(4,16)17;1-8-6-7-9(12(15)13(8)17)14-16-10-4-2-3-5-11(10)18-14;1-7-6-8(10(11,12)13)2-3-9(7)14-4-5-15/h5-13H,4H2,1-3H3;4-12H,1-3H3;6-8,14,22H,9-11H2,1-5H3,(H,21,24);7-9H,2,5-6H2,1,3-4H3;2-7,17H,1H3;2-3,6,14-15H,4-5H2,1H3/b10-8+;9-7+;;;;. The summed E-state index contributed by atoms with van der Waals surface area (Å²) in [5.74, 6) is 4.32. The molecule has 21 nitrogen and oxygen atoms in total. The van der Waals surface area contributed by atoms with Gasteiger partial charge in [0.2, 0.25) is 5.78 Å². The molecule has 0 radical (unpaired) electrons. The summed E-state index contributed by atoms with van der Waals surface area (Å²) < 4.78 is 106. The number of nitrogens with one attached hydrogen (secondary N) is 3. The molecule has 1 fully saturated rings. The number of phenolic OH excluding ortho intramolecular Hbond substituents is 1. The highest BCUT2D eigenvalue weighted by Crippen LogP contribution is 2.44. The fourth-order valence-corrected chi connectivity index (χ4v) is 18.1. The number of hydrogen-bond acceptors (Lipinski definition) is 21. The second-order valence-corrected chi connectivity index (χ2v) is 37.7. The zero-order valence-corrected chi connectivity index (χ0v) is 83.3. The van der Waals surface area contributed by atoms with E-state index in [1.807, 2.05) is 197 Å². The van der Waals surface area contributed by atoms with Crippen LogP contribution in [0.5, 0.6) is 51.7 Å². The Balaban J connectivity index is 0.000000178. The minimum Gasteiger partial charge on any atom is -0.506 e. The Hall–Kier alpha value is -10.7. The summed E-state index contributed by atoms with van der Waals surface area (Å²) in [6.07, 6.45) is 10.2. The number of para-hydroxylation sites is 3. The zero-order chi connectivity index (χ0) is 95.1. The number of aryl methyl sites for hydroxylation is 3. The molecule has 0 bridgehead atoms. The molecule has 2 aliphatic rings. The molecule has 12 aromatic rings. The number of aromatic hydroxyl groups is 1. The van der Waals surface area contributed by atoms with E-state index in [1.54, 1.807) is 59.7 Å². The maximum atomic E-state index is 12.3. The summed E-state index contributed by atoms with van der Waals surface area (Å²) in [6.45, 7) is 25.6. The predicted octanol–water partition coefficient (Wildman–Crippen LogP) is 24.1. The number of anilines is 1. The van der Waals surface area contributed by atoms with Gasteiger partial charge in [-0.05, 0) is 287 Å². The summed E-state index contributed by atoms with van der Waals surface area (Å²) in [6, 6.07) is 51.9. The van der Waals surface area contributed by atoms with Gasteiger partial charge in [0.15, 0.2) is 23.0 Å². The van der Waals surface area contributed by atoms with Crippen molar-refractivity contribution in [1.29, 1.82) is 0 Å². The van der Waals surface area contributed by atoms with E-state index in [2.05, 4.69) is 128 Å². The molecule has 5 N–H and O–H groups in total. The molecule has 1 saturated heterocycles. The molecule has 0 spiro atoms. The van der Waals surface area contributed by atoms with Crippen molar-refractivity contribution in [3.05, 3.63) is 266 Å². The second kappa shape index (κ2) is 46.9. The van der Waals surface area contributed by atoms with Gasteiger partial charge in [-0.15, -0.1) is 11.3 Å². The lowest BCUT2D eigenvalue weighted by atomic mass is 9.79. The van der Waals surface area contributed by atoms with Gasteiger partial charge in [0.25, 0.3) is 5.91 Å². The third-order valence-electron chi connectivity index (χ3n) is 20.0. The van der Waals surface area contributed by atoms with Crippen LogP contribution in [0.4, 0.5) is 18.9 Å². The van der Waals surface area contributed by atoms with Crippen LogP contribution in [0.3, 0.4) is 0 Å². The molecule has 1 amide bonds. The third kappa shape index (κ3) is 29.2. The number of ether oxygens (including phenoxy) is 7. The van der Waals surface area contributed by atoms with Crippen molar-refractivity contribution in [1.82, 2.24) is 25.6 Å². The topological polar surface area (TPSA) is 274 Å². The Bertz CT molecular complexity index is 6280. The normalized spacial score (nSPS) is 13.2. The molecular formula is C100H105BrClF3I2N6O15S2. The highest BCUT2D eigenvalue weighted by atomic mass is 127. The van der Waals surface area contributed by atoms with Crippen LogP contribution in [0.25, 0.3) is 72.5 Å². The number of hydrogen-bond donors (Lipinski definition) is 5. The summed E-state index contributed by atoms with van der Waals surface area (Å²) in [5, 5.41) is 31.0. The molecule has 3 aromatic heterocycles. The number of methoxy groups -OCH3 is 4. The van der Waals surface area contributed by atoms with Crippen molar-refractivity contribution in [3.63, 3.8) is 0 Å². The number of ketones is 1. The maximum Gasteiger partial charge on any atom is 0.416 e. The number of aliphatic hydroxyl groups is 1. The van der Waals surface area contributed by atoms with Crippen molar-refractivity contribution in [2.45, 2.75) is 132 Å². The van der Waals surface area contributed by atoms with E-state index in [0.29, 0.717) is 63.7 Å². The number of aliphatic hydroxyl groups excluding tert-OH is 1. The Morgan fingerprint density at radius 1 is 0.692 bits per heavy atom. The molecule has 0 atom stereocenters. The number of pyridine rings is 2. The molecule has 14 rings (SSSR count). The maximum absolute atomic E-state index is 12.3. The van der Waals surface area contributed by atoms with E-state index in [1.165, 1.54) is 13.0 Å². The number of nitrogens with zero attached hydrogens (tertiary/aromatic N) is 3.